The number of rotatable bonds is 15. The van der Waals surface area contributed by atoms with Crippen molar-refractivity contribution >= 4 is 29.5 Å². The summed E-state index contributed by atoms with van der Waals surface area (Å²) in [5.41, 5.74) is 31.5. The van der Waals surface area contributed by atoms with Gasteiger partial charge in [-0.15, -0.1) is 0 Å². The number of aromatic hydroxyl groups is 1. The minimum Gasteiger partial charge on any atom is -0.508 e. The summed E-state index contributed by atoms with van der Waals surface area (Å²) in [6.45, 7) is -0.383. The molecule has 18 nitrogen and oxygen atoms in total. The molecule has 1 aliphatic heterocycles. The number of aliphatic hydroxyl groups is 2. The highest BCUT2D eigenvalue weighted by Gasteiger charge is 2.31. The lowest BCUT2D eigenvalue weighted by Crippen LogP contribution is -2.58. The second kappa shape index (κ2) is 20.4. The van der Waals surface area contributed by atoms with Crippen LogP contribution in [0.3, 0.4) is 0 Å². The third-order valence-electron chi connectivity index (χ3n) is 8.55. The van der Waals surface area contributed by atoms with E-state index in [0.29, 0.717) is 17.5 Å². The molecule has 0 aromatic heterocycles. The summed E-state index contributed by atoms with van der Waals surface area (Å²) in [5, 5.41) is 43.1. The zero-order valence-electron chi connectivity index (χ0n) is 28.9. The van der Waals surface area contributed by atoms with Crippen LogP contribution >= 0.6 is 0 Å². The molecule has 0 fully saturated rings. The van der Waals surface area contributed by atoms with Crippen molar-refractivity contribution in [2.75, 3.05) is 32.7 Å². The molecule has 1 aliphatic rings. The lowest BCUT2D eigenvalue weighted by atomic mass is 9.96. The van der Waals surface area contributed by atoms with Gasteiger partial charge in [0.2, 0.25) is 29.5 Å². The van der Waals surface area contributed by atoms with Crippen molar-refractivity contribution in [3.05, 3.63) is 53.6 Å². The van der Waals surface area contributed by atoms with Gasteiger partial charge in [-0.3, -0.25) is 24.0 Å². The molecule has 1 heterocycles. The molecule has 286 valence electrons. The normalized spacial score (nSPS) is 20.1. The number of fused-ring (bicyclic) bond motifs is 5. The number of carbonyl (C=O) groups excluding carboxylic acids is 5. The van der Waals surface area contributed by atoms with E-state index in [1.165, 1.54) is 6.07 Å². The molecule has 4 bridgehead atoms. The average molecular weight is 729 g/mol. The van der Waals surface area contributed by atoms with Gasteiger partial charge in [-0.25, -0.2) is 0 Å². The molecule has 0 saturated carbocycles. The van der Waals surface area contributed by atoms with Gasteiger partial charge in [0, 0.05) is 52.0 Å². The fourth-order valence-electron chi connectivity index (χ4n) is 5.39. The van der Waals surface area contributed by atoms with Gasteiger partial charge in [0.25, 0.3) is 0 Å². The Morgan fingerprint density at radius 3 is 2.23 bits per heavy atom. The average Bonchev–Trinajstić information content (AvgIpc) is 3.13. The molecule has 2 aromatic carbocycles. The Morgan fingerprint density at radius 1 is 0.827 bits per heavy atom. The monoisotopic (exact) mass is 728 g/mol. The van der Waals surface area contributed by atoms with Crippen molar-refractivity contribution in [2.24, 2.45) is 28.7 Å². The van der Waals surface area contributed by atoms with Crippen LogP contribution in [0.2, 0.25) is 0 Å². The minimum absolute atomic E-state index is 0.00354. The topological polar surface area (TPSA) is 336 Å². The third-order valence-corrected chi connectivity index (χ3v) is 8.55. The fourth-order valence-corrected chi connectivity index (χ4v) is 5.39. The van der Waals surface area contributed by atoms with Gasteiger partial charge in [0.05, 0.1) is 24.3 Å². The van der Waals surface area contributed by atoms with E-state index < -0.39 is 72.0 Å². The van der Waals surface area contributed by atoms with Crippen LogP contribution in [0.1, 0.15) is 30.4 Å². The summed E-state index contributed by atoms with van der Waals surface area (Å²) in [6, 6.07) is 6.35. The molecule has 2 aromatic rings. The Balaban J connectivity index is 1.72. The predicted octanol–water partition coefficient (Wildman–Crippen LogP) is -4.73. The number of hydrogen-bond donors (Lipinski definition) is 13. The minimum atomic E-state index is -1.33. The van der Waals surface area contributed by atoms with E-state index in [4.69, 9.17) is 28.7 Å². The number of nitrogens with one attached hydrogen (secondary N) is 5. The van der Waals surface area contributed by atoms with E-state index >= 15 is 0 Å². The highest BCUT2D eigenvalue weighted by atomic mass is 16.3. The number of aliphatic hydroxyl groups excluding tert-OH is 2. The van der Waals surface area contributed by atoms with E-state index in [0.717, 1.165) is 11.1 Å². The summed E-state index contributed by atoms with van der Waals surface area (Å²) in [5.74, 6) is -3.29. The van der Waals surface area contributed by atoms with E-state index in [9.17, 15) is 39.3 Å². The van der Waals surface area contributed by atoms with Crippen molar-refractivity contribution in [1.29, 1.82) is 0 Å². The van der Waals surface area contributed by atoms with Crippen LogP contribution in [0.4, 0.5) is 0 Å². The molecule has 52 heavy (non-hydrogen) atoms. The summed E-state index contributed by atoms with van der Waals surface area (Å²) in [4.78, 5) is 65.0. The Labute approximate surface area is 301 Å². The van der Waals surface area contributed by atoms with Crippen molar-refractivity contribution in [2.45, 2.75) is 74.5 Å². The second-order valence-electron chi connectivity index (χ2n) is 12.8. The molecular formula is C34H52N10O8. The number of nitrogens with two attached hydrogens (primary N) is 5. The largest absolute Gasteiger partial charge is 0.508 e. The summed E-state index contributed by atoms with van der Waals surface area (Å²) >= 11 is 0. The maximum atomic E-state index is 13.6. The second-order valence-corrected chi connectivity index (χ2v) is 12.8. The molecule has 2 unspecified atom stereocenters. The molecule has 3 rings (SSSR count). The standard InChI is InChI=1S/C34H52N10O8/c35-14-22(45)13-28-34(52)44-27(33(51)42-17-26(39)31(49)40-8-2-5-24(37)30(48)41-16-23(46)15-36)10-18-3-1-4-19(9-18)20-6-7-29(47)21(11-20)12-25(38)32(50)43-28/h1,3-4,6-7,9,11,22-28,45-47H,2,5,8,10,12-17,35-39H2,(H,40,49)(H,41,48)(H,42,51)(H,43,50)(H,44,52)/t22-,23?,24+,25+,26+,27?,28+/m1/s1. The summed E-state index contributed by atoms with van der Waals surface area (Å²) in [6.07, 6.45) is -1.79. The lowest BCUT2D eigenvalue weighted by Gasteiger charge is -2.26. The van der Waals surface area contributed by atoms with Gasteiger partial charge >= 0.3 is 0 Å². The van der Waals surface area contributed by atoms with Crippen molar-refractivity contribution in [1.82, 2.24) is 26.6 Å². The molecule has 0 spiro atoms. The smallest absolute Gasteiger partial charge is 0.243 e. The number of carbonyl (C=O) groups is 5. The van der Waals surface area contributed by atoms with Gasteiger partial charge in [-0.1, -0.05) is 30.3 Å². The fraction of sp³-hybridized carbons (Fsp3) is 0.500. The summed E-state index contributed by atoms with van der Waals surface area (Å²) < 4.78 is 0. The van der Waals surface area contributed by atoms with Gasteiger partial charge < -0.3 is 70.6 Å². The first-order chi connectivity index (χ1) is 24.7. The molecule has 7 atom stereocenters. The third kappa shape index (κ3) is 12.8. The first-order valence-electron chi connectivity index (χ1n) is 17.1. The van der Waals surface area contributed by atoms with Crippen LogP contribution in [0.25, 0.3) is 11.1 Å². The number of phenols is 1. The Morgan fingerprint density at radius 2 is 1.52 bits per heavy atom. The SMILES string of the molecule is NCC(O)CNC(=O)[C@@H](N)CCCNC(=O)[C@@H](N)CNC(=O)C1Cc2cccc(c2)-c2ccc(O)c(c2)C[C@H](N)C(=O)N[C@@H](C[C@@H](O)CN)C(=O)N1. The van der Waals surface area contributed by atoms with Crippen molar-refractivity contribution in [3.8, 4) is 16.9 Å². The lowest BCUT2D eigenvalue weighted by molar-refractivity contribution is -0.133. The van der Waals surface area contributed by atoms with Gasteiger partial charge in [0.15, 0.2) is 0 Å². The predicted molar refractivity (Wildman–Crippen MR) is 192 cm³/mol. The number of amides is 5. The maximum Gasteiger partial charge on any atom is 0.243 e. The maximum absolute atomic E-state index is 13.6. The molecule has 5 amide bonds. The highest BCUT2D eigenvalue weighted by Crippen LogP contribution is 2.28. The molecule has 0 aliphatic carbocycles. The molecule has 0 radical (unpaired) electrons. The number of phenolic OH excluding ortho intramolecular Hbond substituents is 1. The van der Waals surface area contributed by atoms with Crippen LogP contribution in [-0.4, -0.2) is 120 Å². The van der Waals surface area contributed by atoms with Crippen molar-refractivity contribution < 1.29 is 39.3 Å². The zero-order valence-corrected chi connectivity index (χ0v) is 28.9. The van der Waals surface area contributed by atoms with Crippen LogP contribution in [0.5, 0.6) is 5.75 Å². The summed E-state index contributed by atoms with van der Waals surface area (Å²) in [7, 11) is 0. The Kier molecular flexibility index (Phi) is 16.4. The van der Waals surface area contributed by atoms with Crippen molar-refractivity contribution in [3.63, 3.8) is 0 Å². The first-order valence-corrected chi connectivity index (χ1v) is 17.1. The molecule has 0 saturated heterocycles. The van der Waals surface area contributed by atoms with Gasteiger partial charge in [-0.2, -0.15) is 0 Å². The molecule has 18 N–H and O–H groups in total. The number of hydrogen-bond acceptors (Lipinski definition) is 13. The highest BCUT2D eigenvalue weighted by molar-refractivity contribution is 5.93. The van der Waals surface area contributed by atoms with Crippen LogP contribution in [-0.2, 0) is 36.8 Å². The van der Waals surface area contributed by atoms with Gasteiger partial charge in [-0.05, 0) is 47.2 Å². The van der Waals surface area contributed by atoms with Crippen LogP contribution in [0.15, 0.2) is 42.5 Å². The van der Waals surface area contributed by atoms with Crippen LogP contribution in [0, 0.1) is 0 Å². The molecule has 18 heteroatoms. The Bertz CT molecular complexity index is 1550. The van der Waals surface area contributed by atoms with Crippen LogP contribution < -0.4 is 55.3 Å². The zero-order chi connectivity index (χ0) is 38.4. The van der Waals surface area contributed by atoms with E-state index in [1.807, 2.05) is 12.1 Å². The van der Waals surface area contributed by atoms with E-state index in [-0.39, 0.29) is 64.2 Å². The Hall–Kier alpha value is -4.69. The number of benzene rings is 2. The van der Waals surface area contributed by atoms with Gasteiger partial charge in [0.1, 0.15) is 23.9 Å². The molecular weight excluding hydrogens is 676 g/mol. The first kappa shape index (κ1) is 41.7. The quantitative estimate of drug-likeness (QED) is 0.0768. The van der Waals surface area contributed by atoms with E-state index in [2.05, 4.69) is 26.6 Å². The van der Waals surface area contributed by atoms with E-state index in [1.54, 1.807) is 24.3 Å².